The van der Waals surface area contributed by atoms with Gasteiger partial charge >= 0.3 is 0 Å². The zero-order valence-electron chi connectivity index (χ0n) is 19.9. The summed E-state index contributed by atoms with van der Waals surface area (Å²) in [4.78, 5) is 0. The summed E-state index contributed by atoms with van der Waals surface area (Å²) in [6, 6.07) is 16.9. The van der Waals surface area contributed by atoms with E-state index in [-0.39, 0.29) is 0 Å². The summed E-state index contributed by atoms with van der Waals surface area (Å²) in [5, 5.41) is 16.3. The molecule has 3 nitrogen and oxygen atoms in total. The first-order valence-corrected chi connectivity index (χ1v) is 14.7. The fourth-order valence-corrected chi connectivity index (χ4v) is 11.6. The molecule has 2 unspecified atom stereocenters. The Morgan fingerprint density at radius 1 is 1.09 bits per heavy atom. The zero-order chi connectivity index (χ0) is 23.5. The number of methoxy groups -OCH3 is 1. The van der Waals surface area contributed by atoms with E-state index >= 15 is 0 Å². The van der Waals surface area contributed by atoms with E-state index in [1.165, 1.54) is 27.0 Å². The number of nitrogens with zero attached hydrogens (tertiary/aromatic N) is 1. The van der Waals surface area contributed by atoms with Crippen molar-refractivity contribution in [2.75, 3.05) is 13.7 Å². The van der Waals surface area contributed by atoms with Gasteiger partial charge in [0, 0.05) is 41.1 Å². The topological polar surface area (TPSA) is 32.7 Å². The predicted molar refractivity (Wildman–Crippen MR) is 148 cm³/mol. The van der Waals surface area contributed by atoms with E-state index < -0.39 is 15.8 Å². The van der Waals surface area contributed by atoms with E-state index in [1.54, 1.807) is 7.11 Å². The standard InChI is InChI=1S/C29H31NO2P2/c1-3-4-21-30(33-26-17-9-5-13-22(26)23-14-6-10-18-27(23)33)34(28-19-11-7-15-24(28)31)29-20-12-8-16-25(29)32-2/h5-7,9-15,17,19-20H,3-4,8,16,18,21H2,1-2H3/p+1. The van der Waals surface area contributed by atoms with Gasteiger partial charge in [0.05, 0.1) is 15.2 Å². The van der Waals surface area contributed by atoms with Crippen molar-refractivity contribution in [3.8, 4) is 5.75 Å². The summed E-state index contributed by atoms with van der Waals surface area (Å²) in [6.07, 6.45) is 16.5. The molecule has 0 saturated carbocycles. The molecule has 34 heavy (non-hydrogen) atoms. The van der Waals surface area contributed by atoms with Gasteiger partial charge in [-0.05, 0) is 37.1 Å². The number of unbranched alkanes of at least 4 members (excludes halogenated alkanes) is 1. The number of fused-ring (bicyclic) bond motifs is 3. The molecule has 2 aromatic rings. The van der Waals surface area contributed by atoms with E-state index in [0.29, 0.717) is 5.75 Å². The van der Waals surface area contributed by atoms with Crippen LogP contribution in [0.5, 0.6) is 5.75 Å². The molecule has 0 bridgehead atoms. The van der Waals surface area contributed by atoms with Gasteiger partial charge in [0.25, 0.3) is 0 Å². The molecule has 0 spiro atoms. The first-order chi connectivity index (χ1) is 16.7. The van der Waals surface area contributed by atoms with Crippen molar-refractivity contribution in [1.82, 2.24) is 4.44 Å². The number of phenolic OH excluding ortho intramolecular Hbond substituents is 1. The average Bonchev–Trinajstić information content (AvgIpc) is 3.22. The first-order valence-electron chi connectivity index (χ1n) is 12.2. The van der Waals surface area contributed by atoms with Crippen molar-refractivity contribution in [3.63, 3.8) is 0 Å². The van der Waals surface area contributed by atoms with Crippen LogP contribution in [0.4, 0.5) is 0 Å². The van der Waals surface area contributed by atoms with E-state index in [9.17, 15) is 5.11 Å². The van der Waals surface area contributed by atoms with Crippen LogP contribution in [0.3, 0.4) is 0 Å². The predicted octanol–water partition coefficient (Wildman–Crippen LogP) is 6.98. The molecule has 3 aliphatic rings. The fourth-order valence-electron chi connectivity index (χ4n) is 4.93. The molecule has 0 radical (unpaired) electrons. The Labute approximate surface area is 205 Å². The lowest BCUT2D eigenvalue weighted by atomic mass is 9.98. The van der Waals surface area contributed by atoms with Crippen molar-refractivity contribution in [2.24, 2.45) is 0 Å². The van der Waals surface area contributed by atoms with Gasteiger partial charge < -0.3 is 9.84 Å². The number of phenols is 1. The number of ether oxygens (including phenoxy) is 1. The maximum Gasteiger partial charge on any atom is 0.233 e. The Morgan fingerprint density at radius 2 is 1.91 bits per heavy atom. The molecule has 2 atom stereocenters. The molecule has 2 aromatic carbocycles. The van der Waals surface area contributed by atoms with Gasteiger partial charge in [-0.15, -0.1) is 0 Å². The van der Waals surface area contributed by atoms with Gasteiger partial charge in [0.1, 0.15) is 11.5 Å². The van der Waals surface area contributed by atoms with Gasteiger partial charge in [0.2, 0.25) is 7.70 Å². The highest BCUT2D eigenvalue weighted by Crippen LogP contribution is 2.62. The second-order valence-electron chi connectivity index (χ2n) is 8.69. The third kappa shape index (κ3) is 4.22. The molecular formula is C29H32NO2P2+. The minimum atomic E-state index is -0.975. The van der Waals surface area contributed by atoms with Crippen molar-refractivity contribution in [1.29, 1.82) is 0 Å². The number of para-hydroxylation sites is 1. The van der Waals surface area contributed by atoms with Crippen molar-refractivity contribution in [3.05, 3.63) is 95.5 Å². The number of rotatable bonds is 8. The van der Waals surface area contributed by atoms with Crippen LogP contribution in [0.1, 0.15) is 44.6 Å². The summed E-state index contributed by atoms with van der Waals surface area (Å²) >= 11 is 0. The molecule has 5 heteroatoms. The fraction of sp³-hybridized carbons (Fsp3) is 0.276. The highest BCUT2D eigenvalue weighted by molar-refractivity contribution is 7.81. The first kappa shape index (κ1) is 23.3. The molecule has 2 aliphatic carbocycles. The maximum atomic E-state index is 11.1. The Hall–Kier alpha value is -2.44. The summed E-state index contributed by atoms with van der Waals surface area (Å²) in [5.74, 6) is 1.44. The van der Waals surface area contributed by atoms with E-state index in [4.69, 9.17) is 4.74 Å². The molecular weight excluding hydrogens is 456 g/mol. The summed E-state index contributed by atoms with van der Waals surface area (Å²) in [7, 11) is 0.125. The second-order valence-corrected chi connectivity index (χ2v) is 13.2. The lowest BCUT2D eigenvalue weighted by Gasteiger charge is -2.30. The van der Waals surface area contributed by atoms with Crippen LogP contribution in [0, 0.1) is 0 Å². The smallest absolute Gasteiger partial charge is 0.233 e. The van der Waals surface area contributed by atoms with E-state index in [2.05, 4.69) is 78.1 Å². The van der Waals surface area contributed by atoms with Gasteiger partial charge in [-0.2, -0.15) is 0 Å². The Bertz CT molecular complexity index is 1240. The van der Waals surface area contributed by atoms with E-state index in [0.717, 1.165) is 49.7 Å². The van der Waals surface area contributed by atoms with Crippen LogP contribution in [-0.4, -0.2) is 28.5 Å². The minimum Gasteiger partial charge on any atom is -0.507 e. The molecule has 1 heterocycles. The van der Waals surface area contributed by atoms with Crippen LogP contribution in [-0.2, 0) is 4.74 Å². The summed E-state index contributed by atoms with van der Waals surface area (Å²) in [6.45, 7) is 3.25. The Kier molecular flexibility index (Phi) is 7.16. The van der Waals surface area contributed by atoms with Gasteiger partial charge in [-0.25, -0.2) is 0 Å². The van der Waals surface area contributed by atoms with Crippen LogP contribution in [0.15, 0.2) is 90.0 Å². The third-order valence-corrected chi connectivity index (χ3v) is 12.4. The maximum absolute atomic E-state index is 11.1. The lowest BCUT2D eigenvalue weighted by molar-refractivity contribution is 0.275. The quantitative estimate of drug-likeness (QED) is 0.407. The van der Waals surface area contributed by atoms with Crippen LogP contribution >= 0.6 is 15.8 Å². The number of hydrogen-bond donors (Lipinski definition) is 1. The van der Waals surface area contributed by atoms with Crippen LogP contribution in [0.25, 0.3) is 5.57 Å². The highest BCUT2D eigenvalue weighted by atomic mass is 31.2. The average molecular weight is 489 g/mol. The number of hydrogen-bond acceptors (Lipinski definition) is 3. The van der Waals surface area contributed by atoms with Crippen molar-refractivity contribution in [2.45, 2.75) is 39.0 Å². The largest absolute Gasteiger partial charge is 0.507 e. The zero-order valence-corrected chi connectivity index (χ0v) is 21.7. The molecule has 0 aromatic heterocycles. The molecule has 1 aliphatic heterocycles. The lowest BCUT2D eigenvalue weighted by Crippen LogP contribution is -2.24. The van der Waals surface area contributed by atoms with E-state index in [1.807, 2.05) is 12.1 Å². The molecule has 0 amide bonds. The SMILES string of the molecule is CCCCN(P(C1=C(OC)CCC=C1)c1ccccc1O)[P+]1=C2CC=CC=C2c2ccccc21. The second kappa shape index (κ2) is 10.4. The monoisotopic (exact) mass is 488 g/mol. The Balaban J connectivity index is 1.76. The van der Waals surface area contributed by atoms with Crippen LogP contribution < -0.4 is 10.6 Å². The van der Waals surface area contributed by atoms with Crippen LogP contribution in [0.2, 0.25) is 0 Å². The van der Waals surface area contributed by atoms with Gasteiger partial charge in [-0.1, -0.05) is 72.4 Å². The number of aromatic hydroxyl groups is 1. The van der Waals surface area contributed by atoms with Gasteiger partial charge in [-0.3, -0.25) is 0 Å². The summed E-state index contributed by atoms with van der Waals surface area (Å²) < 4.78 is 8.70. The molecule has 5 rings (SSSR count). The normalized spacial score (nSPS) is 18.7. The van der Waals surface area contributed by atoms with Crippen molar-refractivity contribution < 1.29 is 9.84 Å². The number of allylic oxidation sites excluding steroid dienone is 8. The summed E-state index contributed by atoms with van der Waals surface area (Å²) in [5.41, 5.74) is 2.78. The van der Waals surface area contributed by atoms with Gasteiger partial charge in [0.15, 0.2) is 10.6 Å². The minimum absolute atomic E-state index is 0.379. The molecule has 1 N–H and O–H groups in total. The Morgan fingerprint density at radius 3 is 2.74 bits per heavy atom. The highest BCUT2D eigenvalue weighted by Gasteiger charge is 2.46. The number of benzene rings is 2. The third-order valence-electron chi connectivity index (χ3n) is 6.56. The molecule has 174 valence electrons. The molecule has 0 saturated heterocycles. The van der Waals surface area contributed by atoms with Crippen molar-refractivity contribution >= 4 is 37.2 Å². The molecule has 0 fully saturated rings.